The average molecular weight is 310 g/mol. The molecule has 1 aliphatic rings. The van der Waals surface area contributed by atoms with Crippen LogP contribution in [-0.4, -0.2) is 32.4 Å². The van der Waals surface area contributed by atoms with Crippen molar-refractivity contribution in [2.75, 3.05) is 13.6 Å². The summed E-state index contributed by atoms with van der Waals surface area (Å²) >= 11 is 0. The van der Waals surface area contributed by atoms with Gasteiger partial charge in [-0.1, -0.05) is 25.5 Å². The molecule has 4 nitrogen and oxygen atoms in total. The molecule has 1 aliphatic carbocycles. The minimum Gasteiger partial charge on any atom is -0.316 e. The molecule has 0 unspecified atom stereocenters. The molecule has 21 heavy (non-hydrogen) atoms. The van der Waals surface area contributed by atoms with Gasteiger partial charge in [-0.15, -0.1) is 0 Å². The number of sulfonamides is 1. The molecule has 5 heteroatoms. The lowest BCUT2D eigenvalue weighted by Crippen LogP contribution is -2.34. The third kappa shape index (κ3) is 3.84. The molecule has 1 aromatic rings. The first kappa shape index (κ1) is 16.5. The van der Waals surface area contributed by atoms with Crippen LogP contribution in [0.25, 0.3) is 0 Å². The van der Waals surface area contributed by atoms with E-state index in [1.54, 1.807) is 4.31 Å². The molecule has 0 atom stereocenters. The third-order valence-electron chi connectivity index (χ3n) is 3.91. The summed E-state index contributed by atoms with van der Waals surface area (Å²) in [5.41, 5.74) is 1.84. The number of hydrogen-bond donors (Lipinski definition) is 1. The molecule has 1 aromatic carbocycles. The Labute approximate surface area is 128 Å². The van der Waals surface area contributed by atoms with Crippen LogP contribution in [-0.2, 0) is 16.6 Å². The van der Waals surface area contributed by atoms with Gasteiger partial charge in [0.25, 0.3) is 0 Å². The van der Waals surface area contributed by atoms with Crippen molar-refractivity contribution < 1.29 is 8.42 Å². The molecule has 118 valence electrons. The Bertz CT molecular complexity index is 580. The number of nitrogens with one attached hydrogen (secondary N) is 1. The Morgan fingerprint density at radius 1 is 1.33 bits per heavy atom. The van der Waals surface area contributed by atoms with E-state index >= 15 is 0 Å². The number of aryl methyl sites for hydroxylation is 1. The molecule has 0 amide bonds. The molecule has 0 saturated heterocycles. The van der Waals surface area contributed by atoms with E-state index in [9.17, 15) is 8.42 Å². The van der Waals surface area contributed by atoms with Gasteiger partial charge >= 0.3 is 0 Å². The lowest BCUT2D eigenvalue weighted by molar-refractivity contribution is 0.395. The maximum absolute atomic E-state index is 13.0. The quantitative estimate of drug-likeness (QED) is 0.803. The van der Waals surface area contributed by atoms with E-state index in [2.05, 4.69) is 12.2 Å². The van der Waals surface area contributed by atoms with E-state index in [0.29, 0.717) is 18.0 Å². The predicted molar refractivity (Wildman–Crippen MR) is 85.8 cm³/mol. The number of rotatable bonds is 8. The summed E-state index contributed by atoms with van der Waals surface area (Å²) in [6.07, 6.45) is 3.93. The van der Waals surface area contributed by atoms with Crippen LogP contribution in [0.15, 0.2) is 23.1 Å². The van der Waals surface area contributed by atoms with Gasteiger partial charge in [-0.25, -0.2) is 8.42 Å². The number of hydrogen-bond acceptors (Lipinski definition) is 3. The Morgan fingerprint density at radius 3 is 2.62 bits per heavy atom. The molecule has 2 rings (SSSR count). The number of unbranched alkanes of at least 4 members (excludes halogenated alkanes) is 1. The van der Waals surface area contributed by atoms with Crippen molar-refractivity contribution in [1.82, 2.24) is 9.62 Å². The first-order valence-corrected chi connectivity index (χ1v) is 9.20. The summed E-state index contributed by atoms with van der Waals surface area (Å²) in [6.45, 7) is 5.29. The summed E-state index contributed by atoms with van der Waals surface area (Å²) in [5, 5.41) is 3.07. The van der Waals surface area contributed by atoms with E-state index in [0.717, 1.165) is 36.8 Å². The molecular weight excluding hydrogens is 284 g/mol. The zero-order valence-electron chi connectivity index (χ0n) is 13.2. The molecule has 0 aliphatic heterocycles. The van der Waals surface area contributed by atoms with E-state index in [4.69, 9.17) is 0 Å². The summed E-state index contributed by atoms with van der Waals surface area (Å²) in [4.78, 5) is 0.471. The highest BCUT2D eigenvalue weighted by atomic mass is 32.2. The maximum Gasteiger partial charge on any atom is 0.243 e. The second kappa shape index (κ2) is 6.90. The first-order chi connectivity index (χ1) is 10.0. The van der Waals surface area contributed by atoms with Crippen LogP contribution in [0.5, 0.6) is 0 Å². The van der Waals surface area contributed by atoms with Crippen LogP contribution in [0.2, 0.25) is 0 Å². The van der Waals surface area contributed by atoms with Crippen molar-refractivity contribution in [3.05, 3.63) is 29.3 Å². The lowest BCUT2D eigenvalue weighted by atomic mass is 10.1. The molecule has 0 aromatic heterocycles. The molecule has 0 bridgehead atoms. The van der Waals surface area contributed by atoms with Crippen molar-refractivity contribution >= 4 is 10.0 Å². The normalized spacial score (nSPS) is 15.6. The van der Waals surface area contributed by atoms with E-state index < -0.39 is 10.0 Å². The van der Waals surface area contributed by atoms with Crippen molar-refractivity contribution in [2.24, 2.45) is 0 Å². The molecule has 0 spiro atoms. The lowest BCUT2D eigenvalue weighted by Gasteiger charge is -2.23. The van der Waals surface area contributed by atoms with Gasteiger partial charge in [0.15, 0.2) is 0 Å². The maximum atomic E-state index is 13.0. The largest absolute Gasteiger partial charge is 0.316 e. The van der Waals surface area contributed by atoms with Gasteiger partial charge in [-0.3, -0.25) is 0 Å². The SMILES string of the molecule is CCCCN(C1CC1)S(=O)(=O)c1cc(CNC)ccc1C. The van der Waals surface area contributed by atoms with Crippen LogP contribution < -0.4 is 5.32 Å². The Balaban J connectivity index is 2.34. The van der Waals surface area contributed by atoms with Crippen molar-refractivity contribution in [1.29, 1.82) is 0 Å². The summed E-state index contributed by atoms with van der Waals surface area (Å²) < 4.78 is 27.7. The zero-order chi connectivity index (χ0) is 15.5. The van der Waals surface area contributed by atoms with E-state index in [1.165, 1.54) is 0 Å². The molecule has 0 heterocycles. The van der Waals surface area contributed by atoms with Gasteiger partial charge in [-0.2, -0.15) is 4.31 Å². The highest BCUT2D eigenvalue weighted by Gasteiger charge is 2.38. The van der Waals surface area contributed by atoms with Gasteiger partial charge in [-0.05, 0) is 50.4 Å². The second-order valence-corrected chi connectivity index (χ2v) is 7.69. The monoisotopic (exact) mass is 310 g/mol. The smallest absolute Gasteiger partial charge is 0.243 e. The van der Waals surface area contributed by atoms with Crippen molar-refractivity contribution in [3.8, 4) is 0 Å². The molecule has 1 fully saturated rings. The fourth-order valence-corrected chi connectivity index (χ4v) is 4.54. The van der Waals surface area contributed by atoms with Crippen molar-refractivity contribution in [2.45, 2.75) is 57.0 Å². The molecule has 1 saturated carbocycles. The van der Waals surface area contributed by atoms with Crippen molar-refractivity contribution in [3.63, 3.8) is 0 Å². The molecule has 0 radical (unpaired) electrons. The third-order valence-corrected chi connectivity index (χ3v) is 6.00. The highest BCUT2D eigenvalue weighted by Crippen LogP contribution is 2.33. The van der Waals surface area contributed by atoms with Crippen LogP contribution in [0.4, 0.5) is 0 Å². The van der Waals surface area contributed by atoms with Gasteiger partial charge in [0.2, 0.25) is 10.0 Å². The topological polar surface area (TPSA) is 49.4 Å². The minimum absolute atomic E-state index is 0.217. The number of nitrogens with zero attached hydrogens (tertiary/aromatic N) is 1. The predicted octanol–water partition coefficient (Wildman–Crippen LogP) is 2.67. The summed E-state index contributed by atoms with van der Waals surface area (Å²) in [7, 11) is -1.51. The average Bonchev–Trinajstić information content (AvgIpc) is 3.26. The fraction of sp³-hybridized carbons (Fsp3) is 0.625. The van der Waals surface area contributed by atoms with Crippen LogP contribution >= 0.6 is 0 Å². The highest BCUT2D eigenvalue weighted by molar-refractivity contribution is 7.89. The second-order valence-electron chi connectivity index (χ2n) is 5.83. The van der Waals surface area contributed by atoms with Crippen LogP contribution in [0.1, 0.15) is 43.7 Å². The zero-order valence-corrected chi connectivity index (χ0v) is 14.0. The van der Waals surface area contributed by atoms with E-state index in [-0.39, 0.29) is 6.04 Å². The first-order valence-electron chi connectivity index (χ1n) is 7.76. The fourth-order valence-electron chi connectivity index (χ4n) is 2.54. The Kier molecular flexibility index (Phi) is 5.41. The van der Waals surface area contributed by atoms with Gasteiger partial charge in [0, 0.05) is 19.1 Å². The molecule has 1 N–H and O–H groups in total. The van der Waals surface area contributed by atoms with Crippen LogP contribution in [0, 0.1) is 6.92 Å². The van der Waals surface area contributed by atoms with Gasteiger partial charge in [0.1, 0.15) is 0 Å². The standard InChI is InChI=1S/C16H26N2O2S/c1-4-5-10-18(15-8-9-15)21(19,20)16-11-14(12-17-3)7-6-13(16)2/h6-7,11,15,17H,4-5,8-10,12H2,1-3H3. The van der Waals surface area contributed by atoms with E-state index in [1.807, 2.05) is 32.2 Å². The Morgan fingerprint density at radius 2 is 2.05 bits per heavy atom. The van der Waals surface area contributed by atoms with Gasteiger partial charge < -0.3 is 5.32 Å². The molecular formula is C16H26N2O2S. The Hall–Kier alpha value is -0.910. The summed E-state index contributed by atoms with van der Waals surface area (Å²) in [6, 6.07) is 5.93. The number of benzene rings is 1. The van der Waals surface area contributed by atoms with Gasteiger partial charge in [0.05, 0.1) is 4.90 Å². The minimum atomic E-state index is -3.38. The van der Waals surface area contributed by atoms with Crippen LogP contribution in [0.3, 0.4) is 0 Å². The summed E-state index contributed by atoms with van der Waals surface area (Å²) in [5.74, 6) is 0.